The predicted molar refractivity (Wildman–Crippen MR) is 88.6 cm³/mol. The molecule has 0 aromatic heterocycles. The van der Waals surface area contributed by atoms with E-state index in [1.54, 1.807) is 25.1 Å². The molecule has 23 heavy (non-hydrogen) atoms. The number of rotatable bonds is 6. The topological polar surface area (TPSA) is 53.9 Å². The molecule has 0 unspecified atom stereocenters. The third kappa shape index (κ3) is 4.45. The highest BCUT2D eigenvalue weighted by molar-refractivity contribution is 8.01. The van der Waals surface area contributed by atoms with Gasteiger partial charge in [0.2, 0.25) is 11.8 Å². The van der Waals surface area contributed by atoms with E-state index in [2.05, 4.69) is 5.32 Å². The Kier molecular flexibility index (Phi) is 6.01. The van der Waals surface area contributed by atoms with Gasteiger partial charge in [0.25, 0.3) is 0 Å². The number of nitrogens with zero attached hydrogens (tertiary/aromatic N) is 1. The number of likely N-dealkylation sites (N-methyl/N-ethyl adjacent to an activating group) is 1. The Hall–Kier alpha value is -1.60. The lowest BCUT2D eigenvalue weighted by Crippen LogP contribution is -3.06. The zero-order valence-corrected chi connectivity index (χ0v) is 14.5. The first-order valence-corrected chi connectivity index (χ1v) is 8.60. The lowest BCUT2D eigenvalue weighted by Gasteiger charge is -2.24. The summed E-state index contributed by atoms with van der Waals surface area (Å²) in [5.41, 5.74) is 0.445. The van der Waals surface area contributed by atoms with Crippen LogP contribution in [0.15, 0.2) is 24.3 Å². The van der Waals surface area contributed by atoms with Gasteiger partial charge in [-0.3, -0.25) is 9.59 Å². The van der Waals surface area contributed by atoms with E-state index < -0.39 is 5.37 Å². The largest absolute Gasteiger partial charge is 0.349 e. The number of hydrogen-bond donors (Lipinski definition) is 2. The maximum Gasteiger partial charge on any atom is 0.239 e. The Morgan fingerprint density at radius 3 is 2.74 bits per heavy atom. The molecule has 1 aliphatic rings. The zero-order chi connectivity index (χ0) is 17.0. The first-order valence-electron chi connectivity index (χ1n) is 7.66. The van der Waals surface area contributed by atoms with Gasteiger partial charge in [-0.1, -0.05) is 18.2 Å². The molecule has 0 saturated carbocycles. The number of carbonyl (C=O) groups excluding carboxylic acids is 2. The maximum atomic E-state index is 14.0. The molecule has 1 aromatic rings. The number of benzene rings is 1. The number of amides is 2. The summed E-state index contributed by atoms with van der Waals surface area (Å²) in [5, 5.41) is 2.07. The van der Waals surface area contributed by atoms with Crippen LogP contribution in [0, 0.1) is 5.82 Å². The maximum absolute atomic E-state index is 14.0. The van der Waals surface area contributed by atoms with Crippen molar-refractivity contribution in [2.24, 2.45) is 0 Å². The van der Waals surface area contributed by atoms with Gasteiger partial charge in [0, 0.05) is 5.56 Å². The van der Waals surface area contributed by atoms with E-state index in [9.17, 15) is 14.0 Å². The van der Waals surface area contributed by atoms with E-state index in [1.165, 1.54) is 27.6 Å². The fraction of sp³-hybridized carbons (Fsp3) is 0.500. The lowest BCUT2D eigenvalue weighted by molar-refractivity contribution is -0.856. The Balaban J connectivity index is 2.06. The average Bonchev–Trinajstić information content (AvgIpc) is 2.75. The Morgan fingerprint density at radius 2 is 2.09 bits per heavy atom. The van der Waals surface area contributed by atoms with Crippen molar-refractivity contribution < 1.29 is 18.9 Å². The minimum atomic E-state index is -0.455. The monoisotopic (exact) mass is 340 g/mol. The summed E-state index contributed by atoms with van der Waals surface area (Å²) in [4.78, 5) is 27.1. The van der Waals surface area contributed by atoms with Gasteiger partial charge >= 0.3 is 0 Å². The molecule has 1 aliphatic heterocycles. The molecule has 126 valence electrons. The molecular weight excluding hydrogens is 317 g/mol. The van der Waals surface area contributed by atoms with Crippen molar-refractivity contribution >= 4 is 23.6 Å². The van der Waals surface area contributed by atoms with Gasteiger partial charge in [0.15, 0.2) is 0 Å². The summed E-state index contributed by atoms with van der Waals surface area (Å²) in [6.07, 6.45) is 0. The van der Waals surface area contributed by atoms with Gasteiger partial charge < -0.3 is 15.1 Å². The Morgan fingerprint density at radius 1 is 1.39 bits per heavy atom. The van der Waals surface area contributed by atoms with Crippen LogP contribution in [-0.2, 0) is 9.59 Å². The van der Waals surface area contributed by atoms with Crippen molar-refractivity contribution in [3.8, 4) is 0 Å². The van der Waals surface area contributed by atoms with Crippen molar-refractivity contribution in [2.75, 3.05) is 33.7 Å². The van der Waals surface area contributed by atoms with Crippen LogP contribution < -0.4 is 10.2 Å². The molecule has 2 rings (SSSR count). The summed E-state index contributed by atoms with van der Waals surface area (Å²) in [6.45, 7) is 3.10. The third-order valence-corrected chi connectivity index (χ3v) is 5.06. The highest BCUT2D eigenvalue weighted by atomic mass is 32.2. The SMILES string of the molecule is C[C@@H]1S[C@H](c2ccccc2F)N(CC(=O)NCC[NH+](C)C)C1=O. The summed E-state index contributed by atoms with van der Waals surface area (Å²) in [7, 11) is 4.01. The van der Waals surface area contributed by atoms with E-state index in [0.717, 1.165) is 6.54 Å². The zero-order valence-electron chi connectivity index (χ0n) is 13.6. The van der Waals surface area contributed by atoms with E-state index in [1.807, 2.05) is 14.1 Å². The fourth-order valence-corrected chi connectivity index (χ4v) is 3.72. The van der Waals surface area contributed by atoms with Crippen LogP contribution in [0.3, 0.4) is 0 Å². The summed E-state index contributed by atoms with van der Waals surface area (Å²) >= 11 is 1.37. The smallest absolute Gasteiger partial charge is 0.239 e. The molecule has 1 heterocycles. The first kappa shape index (κ1) is 17.7. The van der Waals surface area contributed by atoms with Gasteiger partial charge in [-0.2, -0.15) is 0 Å². The molecule has 0 radical (unpaired) electrons. The molecule has 5 nitrogen and oxygen atoms in total. The van der Waals surface area contributed by atoms with Crippen LogP contribution >= 0.6 is 11.8 Å². The van der Waals surface area contributed by atoms with Gasteiger partial charge in [-0.15, -0.1) is 11.8 Å². The number of halogens is 1. The molecule has 1 saturated heterocycles. The molecule has 1 fully saturated rings. The quantitative estimate of drug-likeness (QED) is 0.769. The van der Waals surface area contributed by atoms with Gasteiger partial charge in [0.1, 0.15) is 17.7 Å². The van der Waals surface area contributed by atoms with Crippen molar-refractivity contribution in [3.05, 3.63) is 35.6 Å². The number of carbonyl (C=O) groups is 2. The third-order valence-electron chi connectivity index (χ3n) is 3.68. The number of thioether (sulfide) groups is 1. The molecule has 2 amide bonds. The second-order valence-corrected chi connectivity index (χ2v) is 7.35. The standard InChI is InChI=1S/C16H22FN3O2S/c1-11-15(22)20(10-14(21)18-8-9-19(2)3)16(23-11)12-6-4-5-7-13(12)17/h4-7,11,16H,8-10H2,1-3H3,(H,18,21)/p+1/t11-,16+/m0/s1. The first-order chi connectivity index (χ1) is 10.9. The van der Waals surface area contributed by atoms with E-state index in [4.69, 9.17) is 0 Å². The summed E-state index contributed by atoms with van der Waals surface area (Å²) in [5.74, 6) is -0.694. The normalized spacial score (nSPS) is 21.1. The molecule has 1 aromatic carbocycles. The molecule has 7 heteroatoms. The molecule has 0 aliphatic carbocycles. The Labute approximate surface area is 140 Å². The van der Waals surface area contributed by atoms with Crippen LogP contribution in [0.1, 0.15) is 17.9 Å². The lowest BCUT2D eigenvalue weighted by atomic mass is 10.2. The molecule has 0 spiro atoms. The van der Waals surface area contributed by atoms with Crippen LogP contribution in [0.5, 0.6) is 0 Å². The molecule has 0 bridgehead atoms. The highest BCUT2D eigenvalue weighted by Crippen LogP contribution is 2.43. The highest BCUT2D eigenvalue weighted by Gasteiger charge is 2.40. The fourth-order valence-electron chi connectivity index (χ4n) is 2.41. The van der Waals surface area contributed by atoms with E-state index in [0.29, 0.717) is 12.1 Å². The van der Waals surface area contributed by atoms with E-state index in [-0.39, 0.29) is 29.4 Å². The van der Waals surface area contributed by atoms with Crippen LogP contribution in [-0.4, -0.2) is 55.7 Å². The molecular formula is C16H23FN3O2S+. The number of nitrogens with one attached hydrogen (secondary N) is 2. The predicted octanol–water partition coefficient (Wildman–Crippen LogP) is 0.0489. The number of hydrogen-bond acceptors (Lipinski definition) is 3. The number of quaternary nitrogens is 1. The summed E-state index contributed by atoms with van der Waals surface area (Å²) in [6, 6.07) is 6.40. The van der Waals surface area contributed by atoms with Crippen molar-refractivity contribution in [2.45, 2.75) is 17.5 Å². The minimum Gasteiger partial charge on any atom is -0.349 e. The van der Waals surface area contributed by atoms with Crippen LogP contribution in [0.2, 0.25) is 0 Å². The molecule has 2 N–H and O–H groups in total. The second-order valence-electron chi connectivity index (χ2n) is 5.93. The van der Waals surface area contributed by atoms with Gasteiger partial charge in [-0.05, 0) is 13.0 Å². The molecule has 2 atom stereocenters. The average molecular weight is 340 g/mol. The Bertz CT molecular complexity index is 582. The minimum absolute atomic E-state index is 0.0437. The van der Waals surface area contributed by atoms with Gasteiger partial charge in [0.05, 0.1) is 32.4 Å². The van der Waals surface area contributed by atoms with Crippen LogP contribution in [0.4, 0.5) is 4.39 Å². The summed E-state index contributed by atoms with van der Waals surface area (Å²) < 4.78 is 14.0. The van der Waals surface area contributed by atoms with Crippen LogP contribution in [0.25, 0.3) is 0 Å². The second kappa shape index (κ2) is 7.79. The van der Waals surface area contributed by atoms with Crippen molar-refractivity contribution in [1.82, 2.24) is 10.2 Å². The van der Waals surface area contributed by atoms with Crippen molar-refractivity contribution in [3.63, 3.8) is 0 Å². The van der Waals surface area contributed by atoms with Crippen molar-refractivity contribution in [1.29, 1.82) is 0 Å². The van der Waals surface area contributed by atoms with Gasteiger partial charge in [-0.25, -0.2) is 4.39 Å². The van der Waals surface area contributed by atoms with E-state index >= 15 is 0 Å².